The van der Waals surface area contributed by atoms with Gasteiger partial charge in [-0.05, 0) is 38.3 Å². The second-order valence-corrected chi connectivity index (χ2v) is 5.93. The van der Waals surface area contributed by atoms with Crippen molar-refractivity contribution in [1.82, 2.24) is 5.32 Å². The molecule has 126 valence electrons. The van der Waals surface area contributed by atoms with Crippen LogP contribution in [0, 0.1) is 5.41 Å². The number of hydrogen-bond donors (Lipinski definition) is 2. The molecular weight excluding hydrogens is 292 g/mol. The first-order valence-electron chi connectivity index (χ1n) is 8.45. The second kappa shape index (κ2) is 7.99. The summed E-state index contributed by atoms with van der Waals surface area (Å²) in [6.45, 7) is 5.17. The summed E-state index contributed by atoms with van der Waals surface area (Å²) >= 11 is 0. The molecule has 23 heavy (non-hydrogen) atoms. The Morgan fingerprint density at radius 2 is 1.87 bits per heavy atom. The van der Waals surface area contributed by atoms with Gasteiger partial charge in [-0.2, -0.15) is 0 Å². The Hall–Kier alpha value is -2.04. The number of benzene rings is 1. The van der Waals surface area contributed by atoms with Gasteiger partial charge in [0.15, 0.2) is 0 Å². The minimum absolute atomic E-state index is 0.153. The maximum atomic E-state index is 12.6. The van der Waals surface area contributed by atoms with Crippen LogP contribution in [0.1, 0.15) is 46.0 Å². The SMILES string of the molecule is CCCCCNC(=O)C1(C(=O)Nc2ccccc2OCC)CC1. The molecule has 1 aliphatic rings. The van der Waals surface area contributed by atoms with Crippen molar-refractivity contribution < 1.29 is 14.3 Å². The maximum Gasteiger partial charge on any atom is 0.240 e. The van der Waals surface area contributed by atoms with Gasteiger partial charge in [0.05, 0.1) is 12.3 Å². The molecule has 0 atom stereocenters. The van der Waals surface area contributed by atoms with Gasteiger partial charge in [0.25, 0.3) is 0 Å². The fourth-order valence-electron chi connectivity index (χ4n) is 2.52. The summed E-state index contributed by atoms with van der Waals surface area (Å²) in [4.78, 5) is 24.9. The zero-order chi connectivity index (χ0) is 16.7. The Morgan fingerprint density at radius 3 is 2.52 bits per heavy atom. The number of nitrogens with one attached hydrogen (secondary N) is 2. The largest absolute Gasteiger partial charge is 0.492 e. The van der Waals surface area contributed by atoms with Crippen LogP contribution in [0.15, 0.2) is 24.3 Å². The van der Waals surface area contributed by atoms with Crippen molar-refractivity contribution in [3.63, 3.8) is 0 Å². The van der Waals surface area contributed by atoms with Crippen molar-refractivity contribution >= 4 is 17.5 Å². The lowest BCUT2D eigenvalue weighted by Gasteiger charge is -2.17. The van der Waals surface area contributed by atoms with Crippen LogP contribution in [0.5, 0.6) is 5.75 Å². The standard InChI is InChI=1S/C18H26N2O3/c1-3-5-8-13-19-16(21)18(11-12-18)17(22)20-14-9-6-7-10-15(14)23-4-2/h6-7,9-10H,3-5,8,11-13H2,1-2H3,(H,19,21)(H,20,22). The molecule has 0 spiro atoms. The zero-order valence-electron chi connectivity index (χ0n) is 14.0. The van der Waals surface area contributed by atoms with Crippen LogP contribution in [0.25, 0.3) is 0 Å². The van der Waals surface area contributed by atoms with E-state index in [0.29, 0.717) is 37.4 Å². The van der Waals surface area contributed by atoms with E-state index in [4.69, 9.17) is 4.74 Å². The van der Waals surface area contributed by atoms with Crippen molar-refractivity contribution in [1.29, 1.82) is 0 Å². The van der Waals surface area contributed by atoms with Crippen LogP contribution >= 0.6 is 0 Å². The van der Waals surface area contributed by atoms with E-state index in [0.717, 1.165) is 19.3 Å². The lowest BCUT2D eigenvalue weighted by Crippen LogP contribution is -2.40. The lowest BCUT2D eigenvalue weighted by atomic mass is 10.0. The highest BCUT2D eigenvalue weighted by molar-refractivity contribution is 6.13. The maximum absolute atomic E-state index is 12.6. The summed E-state index contributed by atoms with van der Waals surface area (Å²) in [6.07, 6.45) is 4.36. The molecule has 0 radical (unpaired) electrons. The average molecular weight is 318 g/mol. The highest BCUT2D eigenvalue weighted by Gasteiger charge is 2.56. The van der Waals surface area contributed by atoms with Crippen molar-refractivity contribution in [2.24, 2.45) is 5.41 Å². The molecule has 5 nitrogen and oxygen atoms in total. The van der Waals surface area contributed by atoms with Gasteiger partial charge in [0.1, 0.15) is 11.2 Å². The van der Waals surface area contributed by atoms with Crippen LogP contribution in [-0.2, 0) is 9.59 Å². The Morgan fingerprint density at radius 1 is 1.13 bits per heavy atom. The highest BCUT2D eigenvalue weighted by Crippen LogP contribution is 2.47. The van der Waals surface area contributed by atoms with E-state index in [-0.39, 0.29) is 11.8 Å². The quantitative estimate of drug-likeness (QED) is 0.543. The van der Waals surface area contributed by atoms with E-state index in [9.17, 15) is 9.59 Å². The van der Waals surface area contributed by atoms with Crippen LogP contribution < -0.4 is 15.4 Å². The summed E-state index contributed by atoms with van der Waals surface area (Å²) < 4.78 is 5.51. The van der Waals surface area contributed by atoms with Crippen LogP contribution in [0.2, 0.25) is 0 Å². The fourth-order valence-corrected chi connectivity index (χ4v) is 2.52. The normalized spacial score (nSPS) is 14.9. The molecular formula is C18H26N2O3. The first kappa shape index (κ1) is 17.3. The van der Waals surface area contributed by atoms with Crippen molar-refractivity contribution in [2.45, 2.75) is 46.0 Å². The predicted octanol–water partition coefficient (Wildman–Crippen LogP) is 3.11. The smallest absolute Gasteiger partial charge is 0.240 e. The van der Waals surface area contributed by atoms with Gasteiger partial charge < -0.3 is 15.4 Å². The van der Waals surface area contributed by atoms with Crippen LogP contribution in [0.3, 0.4) is 0 Å². The average Bonchev–Trinajstić information content (AvgIpc) is 3.35. The Balaban J connectivity index is 1.96. The summed E-state index contributed by atoms with van der Waals surface area (Å²) in [5.41, 5.74) is -0.282. The van der Waals surface area contributed by atoms with Gasteiger partial charge in [-0.1, -0.05) is 31.9 Å². The number of anilines is 1. The lowest BCUT2D eigenvalue weighted by molar-refractivity contribution is -0.134. The third-order valence-corrected chi connectivity index (χ3v) is 4.12. The summed E-state index contributed by atoms with van der Waals surface area (Å²) in [5, 5.41) is 5.75. The third kappa shape index (κ3) is 4.24. The van der Waals surface area contributed by atoms with E-state index in [1.54, 1.807) is 6.07 Å². The van der Waals surface area contributed by atoms with Crippen LogP contribution in [-0.4, -0.2) is 25.0 Å². The van der Waals surface area contributed by atoms with Crippen molar-refractivity contribution in [3.8, 4) is 5.75 Å². The number of rotatable bonds is 9. The van der Waals surface area contributed by atoms with Gasteiger partial charge in [-0.3, -0.25) is 9.59 Å². The van der Waals surface area contributed by atoms with E-state index in [1.807, 2.05) is 25.1 Å². The molecule has 5 heteroatoms. The predicted molar refractivity (Wildman–Crippen MR) is 90.4 cm³/mol. The summed E-state index contributed by atoms with van der Waals surface area (Å²) in [5.74, 6) is 0.236. The fraction of sp³-hybridized carbons (Fsp3) is 0.556. The topological polar surface area (TPSA) is 67.4 Å². The van der Waals surface area contributed by atoms with Gasteiger partial charge >= 0.3 is 0 Å². The number of ether oxygens (including phenoxy) is 1. The molecule has 0 aromatic heterocycles. The van der Waals surface area contributed by atoms with Crippen molar-refractivity contribution in [3.05, 3.63) is 24.3 Å². The molecule has 1 aromatic rings. The van der Waals surface area contributed by atoms with E-state index in [1.165, 1.54) is 0 Å². The number of unbranched alkanes of at least 4 members (excludes halogenated alkanes) is 2. The first-order chi connectivity index (χ1) is 11.1. The molecule has 0 saturated heterocycles. The number of amides is 2. The number of carbonyl (C=O) groups is 2. The summed E-state index contributed by atoms with van der Waals surface area (Å²) in [7, 11) is 0. The minimum atomic E-state index is -0.897. The van der Waals surface area contributed by atoms with E-state index in [2.05, 4.69) is 17.6 Å². The monoisotopic (exact) mass is 318 g/mol. The molecule has 0 aliphatic heterocycles. The minimum Gasteiger partial charge on any atom is -0.492 e. The van der Waals surface area contributed by atoms with E-state index < -0.39 is 5.41 Å². The Bertz CT molecular complexity index is 553. The van der Waals surface area contributed by atoms with E-state index >= 15 is 0 Å². The number of para-hydroxylation sites is 2. The van der Waals surface area contributed by atoms with Gasteiger partial charge in [-0.15, -0.1) is 0 Å². The van der Waals surface area contributed by atoms with Crippen LogP contribution in [0.4, 0.5) is 5.69 Å². The molecule has 1 fully saturated rings. The number of hydrogen-bond acceptors (Lipinski definition) is 3. The molecule has 2 amide bonds. The van der Waals surface area contributed by atoms with Gasteiger partial charge in [-0.25, -0.2) is 0 Å². The molecule has 0 bridgehead atoms. The summed E-state index contributed by atoms with van der Waals surface area (Å²) in [6, 6.07) is 7.29. The first-order valence-corrected chi connectivity index (χ1v) is 8.45. The molecule has 1 saturated carbocycles. The molecule has 1 aromatic carbocycles. The molecule has 0 heterocycles. The van der Waals surface area contributed by atoms with Gasteiger partial charge in [0, 0.05) is 6.54 Å². The second-order valence-electron chi connectivity index (χ2n) is 5.93. The molecule has 1 aliphatic carbocycles. The zero-order valence-corrected chi connectivity index (χ0v) is 14.0. The Kier molecular flexibility index (Phi) is 6.02. The number of carbonyl (C=O) groups excluding carboxylic acids is 2. The van der Waals surface area contributed by atoms with Gasteiger partial charge in [0.2, 0.25) is 11.8 Å². The highest BCUT2D eigenvalue weighted by atomic mass is 16.5. The molecule has 2 N–H and O–H groups in total. The molecule has 2 rings (SSSR count). The molecule has 0 unspecified atom stereocenters. The Labute approximate surface area is 137 Å². The van der Waals surface area contributed by atoms with Crippen molar-refractivity contribution in [2.75, 3.05) is 18.5 Å². The third-order valence-electron chi connectivity index (χ3n) is 4.12.